The Morgan fingerprint density at radius 2 is 2.11 bits per heavy atom. The van der Waals surface area contributed by atoms with Gasteiger partial charge in [-0.2, -0.15) is 0 Å². The largest absolute Gasteiger partial charge is 0.347 e. The van der Waals surface area contributed by atoms with Gasteiger partial charge in [0.15, 0.2) is 0 Å². The van der Waals surface area contributed by atoms with Crippen LogP contribution in [0.5, 0.6) is 0 Å². The zero-order valence-corrected chi connectivity index (χ0v) is 11.8. The molecule has 1 N–H and O–H groups in total. The molecule has 1 saturated carbocycles. The molecule has 102 valence electrons. The van der Waals surface area contributed by atoms with E-state index < -0.39 is 0 Å². The number of benzene rings is 1. The number of nitrogens with one attached hydrogen (secondary N) is 1. The molecule has 1 aliphatic carbocycles. The van der Waals surface area contributed by atoms with E-state index in [-0.39, 0.29) is 0 Å². The molecule has 19 heavy (non-hydrogen) atoms. The summed E-state index contributed by atoms with van der Waals surface area (Å²) in [6.45, 7) is 4.56. The Bertz CT molecular complexity index is 525. The molecule has 0 saturated heterocycles. The lowest BCUT2D eigenvalue weighted by molar-refractivity contribution is 0.471. The zero-order chi connectivity index (χ0) is 13.1. The first kappa shape index (κ1) is 12.7. The molecule has 1 unspecified atom stereocenters. The zero-order valence-electron chi connectivity index (χ0n) is 11.8. The topological polar surface area (TPSA) is 17.0 Å². The minimum Gasteiger partial charge on any atom is -0.347 e. The Kier molecular flexibility index (Phi) is 3.88. The van der Waals surface area contributed by atoms with E-state index >= 15 is 0 Å². The Morgan fingerprint density at radius 1 is 1.26 bits per heavy atom. The molecule has 2 heteroatoms. The quantitative estimate of drug-likeness (QED) is 0.745. The molecule has 1 fully saturated rings. The molecule has 0 amide bonds. The minimum atomic E-state index is 0.689. The average Bonchev–Trinajstić information content (AvgIpc) is 3.14. The van der Waals surface area contributed by atoms with E-state index in [2.05, 4.69) is 53.3 Å². The molecule has 1 aliphatic rings. The fraction of sp³-hybridized carbons (Fsp3) is 0.529. The van der Waals surface area contributed by atoms with Gasteiger partial charge in [-0.3, -0.25) is 0 Å². The predicted octanol–water partition coefficient (Wildman–Crippen LogP) is 3.81. The molecule has 1 aromatic carbocycles. The summed E-state index contributed by atoms with van der Waals surface area (Å²) in [6, 6.07) is 11.5. The molecule has 1 aromatic heterocycles. The number of aromatic nitrogens is 1. The van der Waals surface area contributed by atoms with Gasteiger partial charge in [0, 0.05) is 24.3 Å². The maximum Gasteiger partial charge on any atom is 0.0480 e. The number of aryl methyl sites for hydroxylation is 1. The second-order valence-electron chi connectivity index (χ2n) is 5.96. The molecule has 0 bridgehead atoms. The van der Waals surface area contributed by atoms with E-state index in [0.29, 0.717) is 6.04 Å². The van der Waals surface area contributed by atoms with Gasteiger partial charge in [0.1, 0.15) is 0 Å². The summed E-state index contributed by atoms with van der Waals surface area (Å²) < 4.78 is 2.36. The highest BCUT2D eigenvalue weighted by molar-refractivity contribution is 5.79. The third kappa shape index (κ3) is 3.38. The van der Waals surface area contributed by atoms with Crippen molar-refractivity contribution in [2.45, 2.75) is 45.2 Å². The van der Waals surface area contributed by atoms with Gasteiger partial charge >= 0.3 is 0 Å². The number of para-hydroxylation sites is 1. The maximum atomic E-state index is 3.65. The van der Waals surface area contributed by atoms with Gasteiger partial charge in [0.2, 0.25) is 0 Å². The van der Waals surface area contributed by atoms with Crippen LogP contribution in [0, 0.1) is 5.92 Å². The van der Waals surface area contributed by atoms with Crippen LogP contribution in [-0.4, -0.2) is 17.2 Å². The first-order chi connectivity index (χ1) is 9.33. The van der Waals surface area contributed by atoms with Crippen molar-refractivity contribution < 1.29 is 0 Å². The Labute approximate surface area is 115 Å². The van der Waals surface area contributed by atoms with Crippen molar-refractivity contribution in [1.82, 2.24) is 9.88 Å². The monoisotopic (exact) mass is 256 g/mol. The molecule has 3 rings (SSSR count). The summed E-state index contributed by atoms with van der Waals surface area (Å²) in [5.41, 5.74) is 1.36. The molecular weight excluding hydrogens is 232 g/mol. The molecule has 0 aliphatic heterocycles. The third-order valence-corrected chi connectivity index (χ3v) is 4.13. The fourth-order valence-corrected chi connectivity index (χ4v) is 2.87. The van der Waals surface area contributed by atoms with E-state index in [1.165, 1.54) is 36.6 Å². The van der Waals surface area contributed by atoms with Crippen LogP contribution in [0.4, 0.5) is 0 Å². The van der Waals surface area contributed by atoms with E-state index in [1.807, 2.05) is 0 Å². The SMILES string of the molecule is CC(CC1CC1)NCCCn1ccc2ccccc21. The van der Waals surface area contributed by atoms with E-state index in [9.17, 15) is 0 Å². The lowest BCUT2D eigenvalue weighted by Crippen LogP contribution is -2.28. The standard InChI is InChI=1S/C17H24N2/c1-14(13-15-7-8-15)18-10-4-11-19-12-9-16-5-2-3-6-17(16)19/h2-3,5-6,9,12,14-15,18H,4,7-8,10-11,13H2,1H3. The molecule has 0 spiro atoms. The van der Waals surface area contributed by atoms with Crippen LogP contribution in [0.2, 0.25) is 0 Å². The third-order valence-electron chi connectivity index (χ3n) is 4.13. The summed E-state index contributed by atoms with van der Waals surface area (Å²) in [6.07, 6.45) is 7.70. The van der Waals surface area contributed by atoms with Crippen molar-refractivity contribution in [2.75, 3.05) is 6.54 Å². The van der Waals surface area contributed by atoms with Crippen molar-refractivity contribution in [3.05, 3.63) is 36.5 Å². The first-order valence-corrected chi connectivity index (χ1v) is 7.60. The van der Waals surface area contributed by atoms with Gasteiger partial charge in [-0.1, -0.05) is 31.0 Å². The lowest BCUT2D eigenvalue weighted by atomic mass is 10.1. The van der Waals surface area contributed by atoms with Gasteiger partial charge in [-0.25, -0.2) is 0 Å². The second-order valence-corrected chi connectivity index (χ2v) is 5.96. The van der Waals surface area contributed by atoms with Gasteiger partial charge in [0.25, 0.3) is 0 Å². The lowest BCUT2D eigenvalue weighted by Gasteiger charge is -2.13. The van der Waals surface area contributed by atoms with Crippen molar-refractivity contribution in [2.24, 2.45) is 5.92 Å². The minimum absolute atomic E-state index is 0.689. The summed E-state index contributed by atoms with van der Waals surface area (Å²) in [5, 5.41) is 5.00. The van der Waals surface area contributed by atoms with Crippen molar-refractivity contribution in [3.63, 3.8) is 0 Å². The average molecular weight is 256 g/mol. The van der Waals surface area contributed by atoms with Crippen LogP contribution in [0.1, 0.15) is 32.6 Å². The van der Waals surface area contributed by atoms with E-state index in [1.54, 1.807) is 0 Å². The summed E-state index contributed by atoms with van der Waals surface area (Å²) >= 11 is 0. The first-order valence-electron chi connectivity index (χ1n) is 7.60. The second kappa shape index (κ2) is 5.79. The molecule has 2 nitrogen and oxygen atoms in total. The summed E-state index contributed by atoms with van der Waals surface area (Å²) in [7, 11) is 0. The highest BCUT2D eigenvalue weighted by Gasteiger charge is 2.22. The molecule has 0 radical (unpaired) electrons. The van der Waals surface area contributed by atoms with Crippen molar-refractivity contribution in [1.29, 1.82) is 0 Å². The highest BCUT2D eigenvalue weighted by atomic mass is 15.0. The van der Waals surface area contributed by atoms with Crippen LogP contribution in [0.15, 0.2) is 36.5 Å². The highest BCUT2D eigenvalue weighted by Crippen LogP contribution is 2.33. The van der Waals surface area contributed by atoms with E-state index in [0.717, 1.165) is 19.0 Å². The van der Waals surface area contributed by atoms with Crippen LogP contribution in [-0.2, 0) is 6.54 Å². The van der Waals surface area contributed by atoms with Crippen LogP contribution >= 0.6 is 0 Å². The number of nitrogens with zero attached hydrogens (tertiary/aromatic N) is 1. The van der Waals surface area contributed by atoms with Gasteiger partial charge in [-0.05, 0) is 49.7 Å². The predicted molar refractivity (Wildman–Crippen MR) is 81.4 cm³/mol. The maximum absolute atomic E-state index is 3.65. The molecule has 2 aromatic rings. The van der Waals surface area contributed by atoms with Crippen LogP contribution < -0.4 is 5.32 Å². The number of hydrogen-bond acceptors (Lipinski definition) is 1. The van der Waals surface area contributed by atoms with Crippen LogP contribution in [0.25, 0.3) is 10.9 Å². The van der Waals surface area contributed by atoms with Crippen molar-refractivity contribution >= 4 is 10.9 Å². The van der Waals surface area contributed by atoms with E-state index in [4.69, 9.17) is 0 Å². The van der Waals surface area contributed by atoms with Crippen molar-refractivity contribution in [3.8, 4) is 0 Å². The molecule has 1 atom stereocenters. The number of rotatable bonds is 7. The summed E-state index contributed by atoms with van der Waals surface area (Å²) in [4.78, 5) is 0. The van der Waals surface area contributed by atoms with Gasteiger partial charge in [-0.15, -0.1) is 0 Å². The Hall–Kier alpha value is -1.28. The smallest absolute Gasteiger partial charge is 0.0480 e. The normalized spacial score (nSPS) is 16.9. The number of hydrogen-bond donors (Lipinski definition) is 1. The fourth-order valence-electron chi connectivity index (χ4n) is 2.87. The molecular formula is C17H24N2. The molecule has 1 heterocycles. The van der Waals surface area contributed by atoms with Gasteiger partial charge in [0.05, 0.1) is 0 Å². The Balaban J connectivity index is 1.44. The van der Waals surface area contributed by atoms with Gasteiger partial charge < -0.3 is 9.88 Å². The van der Waals surface area contributed by atoms with Crippen LogP contribution in [0.3, 0.4) is 0 Å². The summed E-state index contributed by atoms with van der Waals surface area (Å²) in [5.74, 6) is 1.02. The Morgan fingerprint density at radius 3 is 2.95 bits per heavy atom. The number of fused-ring (bicyclic) bond motifs is 1.